The Morgan fingerprint density at radius 1 is 0.906 bits per heavy atom. The van der Waals surface area contributed by atoms with Gasteiger partial charge in [0.2, 0.25) is 0 Å². The van der Waals surface area contributed by atoms with Crippen molar-refractivity contribution in [3.63, 3.8) is 0 Å². The lowest BCUT2D eigenvalue weighted by Crippen LogP contribution is -2.12. The molecule has 0 spiro atoms. The topological polar surface area (TPSA) is 59.3 Å². The number of anilines is 1. The van der Waals surface area contributed by atoms with Gasteiger partial charge in [0.05, 0.1) is 10.9 Å². The SMILES string of the molecule is Cc1cc(C)c2oc(-c3ccc(C(=O)Nc4ccc(C(F)(F)F)cc4)cc3)cc(=O)c2c1. The molecule has 4 nitrogen and oxygen atoms in total. The molecule has 1 aromatic heterocycles. The van der Waals surface area contributed by atoms with E-state index in [1.165, 1.54) is 18.2 Å². The number of alkyl halides is 3. The summed E-state index contributed by atoms with van der Waals surface area (Å²) in [6, 6.07) is 15.8. The smallest absolute Gasteiger partial charge is 0.416 e. The van der Waals surface area contributed by atoms with Gasteiger partial charge in [0, 0.05) is 22.9 Å². The molecule has 0 radical (unpaired) electrons. The van der Waals surface area contributed by atoms with Crippen molar-refractivity contribution in [2.75, 3.05) is 5.32 Å². The van der Waals surface area contributed by atoms with E-state index in [-0.39, 0.29) is 11.1 Å². The van der Waals surface area contributed by atoms with Gasteiger partial charge in [-0.15, -0.1) is 0 Å². The first-order valence-electron chi connectivity index (χ1n) is 9.76. The molecule has 4 aromatic rings. The number of rotatable bonds is 3. The van der Waals surface area contributed by atoms with Gasteiger partial charge in [0.15, 0.2) is 5.43 Å². The standard InChI is InChI=1S/C25H18F3NO3/c1-14-11-15(2)23-20(12-14)21(30)13-22(32-23)16-3-5-17(6-4-16)24(31)29-19-9-7-18(8-10-19)25(26,27)28/h3-13H,1-2H3,(H,29,31). The summed E-state index contributed by atoms with van der Waals surface area (Å²) in [5.41, 5.74) is 2.57. The highest BCUT2D eigenvalue weighted by Gasteiger charge is 2.30. The highest BCUT2D eigenvalue weighted by molar-refractivity contribution is 6.04. The van der Waals surface area contributed by atoms with Crippen LogP contribution in [0.4, 0.5) is 18.9 Å². The zero-order valence-corrected chi connectivity index (χ0v) is 17.2. The van der Waals surface area contributed by atoms with Crippen LogP contribution in [0.1, 0.15) is 27.0 Å². The summed E-state index contributed by atoms with van der Waals surface area (Å²) in [7, 11) is 0. The van der Waals surface area contributed by atoms with Crippen molar-refractivity contribution >= 4 is 22.6 Å². The molecule has 0 aliphatic carbocycles. The quantitative estimate of drug-likeness (QED) is 0.406. The molecule has 0 saturated carbocycles. The molecule has 1 amide bonds. The van der Waals surface area contributed by atoms with E-state index >= 15 is 0 Å². The monoisotopic (exact) mass is 437 g/mol. The summed E-state index contributed by atoms with van der Waals surface area (Å²) in [5.74, 6) is -0.0910. The number of carbonyl (C=O) groups is 1. The zero-order valence-electron chi connectivity index (χ0n) is 17.2. The summed E-state index contributed by atoms with van der Waals surface area (Å²) >= 11 is 0. The minimum absolute atomic E-state index is 0.155. The molecule has 0 saturated heterocycles. The molecule has 0 bridgehead atoms. The fourth-order valence-corrected chi connectivity index (χ4v) is 3.48. The van der Waals surface area contributed by atoms with Crippen LogP contribution in [0.3, 0.4) is 0 Å². The maximum atomic E-state index is 12.7. The van der Waals surface area contributed by atoms with Gasteiger partial charge in [-0.3, -0.25) is 9.59 Å². The molecule has 0 atom stereocenters. The van der Waals surface area contributed by atoms with E-state index in [0.29, 0.717) is 27.9 Å². The van der Waals surface area contributed by atoms with Gasteiger partial charge in [-0.1, -0.05) is 18.2 Å². The van der Waals surface area contributed by atoms with Crippen molar-refractivity contribution in [1.82, 2.24) is 0 Å². The Morgan fingerprint density at radius 2 is 1.56 bits per heavy atom. The van der Waals surface area contributed by atoms with Gasteiger partial charge in [-0.25, -0.2) is 0 Å². The van der Waals surface area contributed by atoms with Crippen LogP contribution in [0.2, 0.25) is 0 Å². The number of aryl methyl sites for hydroxylation is 2. The van der Waals surface area contributed by atoms with Crippen molar-refractivity contribution in [2.45, 2.75) is 20.0 Å². The van der Waals surface area contributed by atoms with E-state index in [0.717, 1.165) is 23.3 Å². The minimum Gasteiger partial charge on any atom is -0.456 e. The molecule has 4 rings (SSSR count). The van der Waals surface area contributed by atoms with Crippen molar-refractivity contribution in [1.29, 1.82) is 0 Å². The van der Waals surface area contributed by atoms with Crippen molar-refractivity contribution in [2.24, 2.45) is 0 Å². The van der Waals surface area contributed by atoms with Crippen LogP contribution in [0.25, 0.3) is 22.3 Å². The zero-order chi connectivity index (χ0) is 23.0. The Morgan fingerprint density at radius 3 is 2.19 bits per heavy atom. The third-order valence-electron chi connectivity index (χ3n) is 5.06. The normalized spacial score (nSPS) is 11.5. The Labute approximate surface area is 181 Å². The lowest BCUT2D eigenvalue weighted by molar-refractivity contribution is -0.137. The fourth-order valence-electron chi connectivity index (χ4n) is 3.48. The molecular weight excluding hydrogens is 419 g/mol. The summed E-state index contributed by atoms with van der Waals surface area (Å²) in [5, 5.41) is 3.08. The molecule has 1 N–H and O–H groups in total. The molecule has 0 unspecified atom stereocenters. The predicted octanol–water partition coefficient (Wildman–Crippen LogP) is 6.35. The minimum atomic E-state index is -4.44. The summed E-state index contributed by atoms with van der Waals surface area (Å²) < 4.78 is 43.9. The van der Waals surface area contributed by atoms with Gasteiger partial charge in [0.1, 0.15) is 11.3 Å². The van der Waals surface area contributed by atoms with E-state index in [2.05, 4.69) is 5.32 Å². The average Bonchev–Trinajstić information content (AvgIpc) is 2.74. The molecule has 0 aliphatic rings. The third kappa shape index (κ3) is 4.27. The number of hydrogen-bond acceptors (Lipinski definition) is 3. The second-order valence-corrected chi connectivity index (χ2v) is 7.54. The molecule has 162 valence electrons. The first-order chi connectivity index (χ1) is 15.1. The number of benzene rings is 3. The Bertz CT molecular complexity index is 1370. The van der Waals surface area contributed by atoms with Crippen LogP contribution >= 0.6 is 0 Å². The first kappa shape index (κ1) is 21.4. The molecule has 32 heavy (non-hydrogen) atoms. The molecule has 1 heterocycles. The highest BCUT2D eigenvalue weighted by atomic mass is 19.4. The Hall–Kier alpha value is -3.87. The van der Waals surface area contributed by atoms with E-state index in [4.69, 9.17) is 4.42 Å². The first-order valence-corrected chi connectivity index (χ1v) is 9.76. The third-order valence-corrected chi connectivity index (χ3v) is 5.06. The molecule has 0 aliphatic heterocycles. The van der Waals surface area contributed by atoms with Gasteiger partial charge < -0.3 is 9.73 Å². The number of carbonyl (C=O) groups excluding carboxylic acids is 1. The number of amides is 1. The number of nitrogens with one attached hydrogen (secondary N) is 1. The number of fused-ring (bicyclic) bond motifs is 1. The average molecular weight is 437 g/mol. The van der Waals surface area contributed by atoms with Crippen molar-refractivity contribution in [3.8, 4) is 11.3 Å². The van der Waals surface area contributed by atoms with Crippen LogP contribution in [0.5, 0.6) is 0 Å². The highest BCUT2D eigenvalue weighted by Crippen LogP contribution is 2.30. The largest absolute Gasteiger partial charge is 0.456 e. The molecule has 0 fully saturated rings. The predicted molar refractivity (Wildman–Crippen MR) is 117 cm³/mol. The van der Waals surface area contributed by atoms with Crippen LogP contribution < -0.4 is 10.7 Å². The summed E-state index contributed by atoms with van der Waals surface area (Å²) in [6.07, 6.45) is -4.44. The van der Waals surface area contributed by atoms with E-state index in [9.17, 15) is 22.8 Å². The van der Waals surface area contributed by atoms with Gasteiger partial charge >= 0.3 is 6.18 Å². The maximum absolute atomic E-state index is 12.7. The van der Waals surface area contributed by atoms with Crippen molar-refractivity contribution in [3.05, 3.63) is 99.2 Å². The molecular formula is C25H18F3NO3. The van der Waals surface area contributed by atoms with Crippen LogP contribution in [0.15, 0.2) is 75.9 Å². The van der Waals surface area contributed by atoms with Crippen LogP contribution in [-0.4, -0.2) is 5.91 Å². The lowest BCUT2D eigenvalue weighted by Gasteiger charge is -2.09. The van der Waals surface area contributed by atoms with Crippen molar-refractivity contribution < 1.29 is 22.4 Å². The second-order valence-electron chi connectivity index (χ2n) is 7.54. The Kier molecular flexibility index (Phi) is 5.34. The lowest BCUT2D eigenvalue weighted by atomic mass is 10.1. The fraction of sp³-hybridized carbons (Fsp3) is 0.120. The van der Waals surface area contributed by atoms with E-state index in [1.54, 1.807) is 30.3 Å². The van der Waals surface area contributed by atoms with Crippen LogP contribution in [0, 0.1) is 13.8 Å². The van der Waals surface area contributed by atoms with Gasteiger partial charge in [0.25, 0.3) is 5.91 Å². The number of halogens is 3. The maximum Gasteiger partial charge on any atom is 0.416 e. The molecule has 3 aromatic carbocycles. The Balaban J connectivity index is 1.57. The number of hydrogen-bond donors (Lipinski definition) is 1. The van der Waals surface area contributed by atoms with Gasteiger partial charge in [-0.05, 0) is 67.4 Å². The second kappa shape index (κ2) is 8.00. The summed E-state index contributed by atoms with van der Waals surface area (Å²) in [4.78, 5) is 25.0. The van der Waals surface area contributed by atoms with E-state index < -0.39 is 17.6 Å². The van der Waals surface area contributed by atoms with Crippen LogP contribution in [-0.2, 0) is 6.18 Å². The van der Waals surface area contributed by atoms with E-state index in [1.807, 2.05) is 19.9 Å². The summed E-state index contributed by atoms with van der Waals surface area (Å²) in [6.45, 7) is 3.78. The van der Waals surface area contributed by atoms with Gasteiger partial charge in [-0.2, -0.15) is 13.2 Å². The molecule has 7 heteroatoms.